The maximum absolute atomic E-state index is 13.5. The summed E-state index contributed by atoms with van der Waals surface area (Å²) in [5, 5.41) is 4.14. The fourth-order valence-corrected chi connectivity index (χ4v) is 3.59. The summed E-state index contributed by atoms with van der Waals surface area (Å²) in [7, 11) is 3.96. The number of aryl methyl sites for hydroxylation is 1. The summed E-state index contributed by atoms with van der Waals surface area (Å²) in [6.07, 6.45) is 2.46. The van der Waals surface area contributed by atoms with Gasteiger partial charge in [-0.15, -0.1) is 0 Å². The van der Waals surface area contributed by atoms with Crippen LogP contribution in [0.3, 0.4) is 0 Å². The zero-order valence-corrected chi connectivity index (χ0v) is 16.8. The number of amides is 1. The molecule has 0 fully saturated rings. The number of para-hydroxylation sites is 1. The average Bonchev–Trinajstić information content (AvgIpc) is 3.05. The SMILES string of the molecule is CCn1cc([C@H](CC(=O)NCCN(C)C)c2ccc(F)cc2)c2ccccc21. The second-order valence-electron chi connectivity index (χ2n) is 7.35. The lowest BCUT2D eigenvalue weighted by molar-refractivity contribution is -0.121. The summed E-state index contributed by atoms with van der Waals surface area (Å²) in [4.78, 5) is 14.7. The van der Waals surface area contributed by atoms with E-state index in [2.05, 4.69) is 35.1 Å². The Labute approximate surface area is 166 Å². The predicted molar refractivity (Wildman–Crippen MR) is 112 cm³/mol. The van der Waals surface area contributed by atoms with Crippen LogP contribution in [0.2, 0.25) is 0 Å². The highest BCUT2D eigenvalue weighted by Gasteiger charge is 2.22. The summed E-state index contributed by atoms with van der Waals surface area (Å²) in [5.74, 6) is -0.393. The number of likely N-dealkylation sites (N-methyl/N-ethyl adjacent to an activating group) is 1. The smallest absolute Gasteiger partial charge is 0.220 e. The second-order valence-corrected chi connectivity index (χ2v) is 7.35. The fraction of sp³-hybridized carbons (Fsp3) is 0.348. The Morgan fingerprint density at radius 1 is 1.14 bits per heavy atom. The molecule has 3 rings (SSSR count). The Hall–Kier alpha value is -2.66. The van der Waals surface area contributed by atoms with Crippen LogP contribution in [0.25, 0.3) is 10.9 Å². The summed E-state index contributed by atoms with van der Waals surface area (Å²) in [6, 6.07) is 14.7. The van der Waals surface area contributed by atoms with Crippen molar-refractivity contribution in [3.05, 3.63) is 71.7 Å². The van der Waals surface area contributed by atoms with Crippen molar-refractivity contribution in [2.75, 3.05) is 27.2 Å². The van der Waals surface area contributed by atoms with Crippen molar-refractivity contribution in [1.29, 1.82) is 0 Å². The first-order valence-corrected chi connectivity index (χ1v) is 9.74. The number of aromatic nitrogens is 1. The number of rotatable bonds is 8. The van der Waals surface area contributed by atoms with E-state index in [0.29, 0.717) is 13.0 Å². The molecule has 1 amide bonds. The van der Waals surface area contributed by atoms with Crippen LogP contribution >= 0.6 is 0 Å². The lowest BCUT2D eigenvalue weighted by atomic mass is 9.88. The molecule has 3 aromatic rings. The molecule has 0 radical (unpaired) electrons. The molecular weight excluding hydrogens is 353 g/mol. The van der Waals surface area contributed by atoms with Crippen molar-refractivity contribution < 1.29 is 9.18 Å². The van der Waals surface area contributed by atoms with Gasteiger partial charge in [0.2, 0.25) is 5.91 Å². The number of hydrogen-bond acceptors (Lipinski definition) is 2. The van der Waals surface area contributed by atoms with Crippen LogP contribution in [0.15, 0.2) is 54.7 Å². The van der Waals surface area contributed by atoms with Gasteiger partial charge < -0.3 is 14.8 Å². The minimum atomic E-state index is -0.270. The van der Waals surface area contributed by atoms with Gasteiger partial charge in [0.25, 0.3) is 0 Å². The molecule has 0 unspecified atom stereocenters. The Morgan fingerprint density at radius 3 is 2.54 bits per heavy atom. The van der Waals surface area contributed by atoms with E-state index in [-0.39, 0.29) is 17.6 Å². The molecule has 28 heavy (non-hydrogen) atoms. The van der Waals surface area contributed by atoms with E-state index in [1.54, 1.807) is 12.1 Å². The molecule has 0 aliphatic rings. The van der Waals surface area contributed by atoms with Gasteiger partial charge in [0.15, 0.2) is 0 Å². The zero-order valence-electron chi connectivity index (χ0n) is 16.8. The maximum atomic E-state index is 13.5. The molecule has 0 saturated carbocycles. The van der Waals surface area contributed by atoms with Gasteiger partial charge in [-0.25, -0.2) is 4.39 Å². The number of carbonyl (C=O) groups is 1. The van der Waals surface area contributed by atoms with Crippen molar-refractivity contribution in [3.63, 3.8) is 0 Å². The van der Waals surface area contributed by atoms with Gasteiger partial charge in [-0.1, -0.05) is 30.3 Å². The summed E-state index contributed by atoms with van der Waals surface area (Å²) in [5.41, 5.74) is 3.20. The lowest BCUT2D eigenvalue weighted by Crippen LogP contribution is -2.32. The van der Waals surface area contributed by atoms with Gasteiger partial charge >= 0.3 is 0 Å². The van der Waals surface area contributed by atoms with Crippen molar-refractivity contribution in [3.8, 4) is 0 Å². The first-order chi connectivity index (χ1) is 13.5. The first-order valence-electron chi connectivity index (χ1n) is 9.74. The third-order valence-electron chi connectivity index (χ3n) is 5.08. The minimum Gasteiger partial charge on any atom is -0.355 e. The predicted octanol–water partition coefficient (Wildman–Crippen LogP) is 4.00. The summed E-state index contributed by atoms with van der Waals surface area (Å²) < 4.78 is 15.7. The summed E-state index contributed by atoms with van der Waals surface area (Å²) in [6.45, 7) is 4.36. The van der Waals surface area contributed by atoms with E-state index in [4.69, 9.17) is 0 Å². The second kappa shape index (κ2) is 9.02. The number of carbonyl (C=O) groups excluding carboxylic acids is 1. The maximum Gasteiger partial charge on any atom is 0.220 e. The number of halogens is 1. The number of fused-ring (bicyclic) bond motifs is 1. The van der Waals surface area contributed by atoms with E-state index < -0.39 is 0 Å². The normalized spacial score (nSPS) is 12.5. The van der Waals surface area contributed by atoms with Gasteiger partial charge in [0, 0.05) is 49.1 Å². The summed E-state index contributed by atoms with van der Waals surface area (Å²) >= 11 is 0. The van der Waals surface area contributed by atoms with Gasteiger partial charge in [-0.2, -0.15) is 0 Å². The molecule has 0 aliphatic heterocycles. The van der Waals surface area contributed by atoms with Crippen LogP contribution in [-0.4, -0.2) is 42.6 Å². The Morgan fingerprint density at radius 2 is 1.86 bits per heavy atom. The Balaban J connectivity index is 1.95. The molecule has 5 heteroatoms. The number of benzene rings is 2. The van der Waals surface area contributed by atoms with Gasteiger partial charge in [-0.05, 0) is 50.3 Å². The molecule has 4 nitrogen and oxygen atoms in total. The Kier molecular flexibility index (Phi) is 6.47. The topological polar surface area (TPSA) is 37.3 Å². The van der Waals surface area contributed by atoms with Crippen LogP contribution in [0.4, 0.5) is 4.39 Å². The molecule has 1 atom stereocenters. The number of nitrogens with zero attached hydrogens (tertiary/aromatic N) is 2. The molecule has 2 aromatic carbocycles. The molecule has 0 bridgehead atoms. The van der Waals surface area contributed by atoms with E-state index >= 15 is 0 Å². The molecule has 0 aliphatic carbocycles. The third kappa shape index (κ3) is 4.60. The fourth-order valence-electron chi connectivity index (χ4n) is 3.59. The average molecular weight is 381 g/mol. The van der Waals surface area contributed by atoms with Crippen LogP contribution in [0, 0.1) is 5.82 Å². The molecule has 1 aromatic heterocycles. The number of nitrogens with one attached hydrogen (secondary N) is 1. The van der Waals surface area contributed by atoms with Crippen molar-refractivity contribution in [2.24, 2.45) is 0 Å². The van der Waals surface area contributed by atoms with E-state index in [1.165, 1.54) is 12.1 Å². The van der Waals surface area contributed by atoms with Crippen molar-refractivity contribution in [2.45, 2.75) is 25.8 Å². The van der Waals surface area contributed by atoms with Crippen LogP contribution < -0.4 is 5.32 Å². The van der Waals surface area contributed by atoms with E-state index in [0.717, 1.165) is 35.1 Å². The molecule has 1 heterocycles. The minimum absolute atomic E-state index is 0.00417. The highest BCUT2D eigenvalue weighted by Crippen LogP contribution is 2.34. The molecule has 0 spiro atoms. The zero-order chi connectivity index (χ0) is 20.1. The molecule has 0 saturated heterocycles. The monoisotopic (exact) mass is 381 g/mol. The van der Waals surface area contributed by atoms with Gasteiger partial charge in [0.05, 0.1) is 0 Å². The highest BCUT2D eigenvalue weighted by molar-refractivity contribution is 5.86. The standard InChI is InChI=1S/C23H28FN3O/c1-4-27-16-21(19-7-5-6-8-22(19)27)20(17-9-11-18(24)12-10-17)15-23(28)25-13-14-26(2)3/h5-12,16,20H,4,13-15H2,1-3H3,(H,25,28)/t20-/m1/s1. The van der Waals surface area contributed by atoms with Crippen LogP contribution in [0.1, 0.15) is 30.4 Å². The van der Waals surface area contributed by atoms with Crippen LogP contribution in [0.5, 0.6) is 0 Å². The van der Waals surface area contributed by atoms with E-state index in [9.17, 15) is 9.18 Å². The van der Waals surface area contributed by atoms with E-state index in [1.807, 2.05) is 31.1 Å². The van der Waals surface area contributed by atoms with Crippen molar-refractivity contribution >= 4 is 16.8 Å². The lowest BCUT2D eigenvalue weighted by Gasteiger charge is -2.18. The number of hydrogen-bond donors (Lipinski definition) is 1. The van der Waals surface area contributed by atoms with Crippen molar-refractivity contribution in [1.82, 2.24) is 14.8 Å². The highest BCUT2D eigenvalue weighted by atomic mass is 19.1. The largest absolute Gasteiger partial charge is 0.355 e. The first kappa shape index (κ1) is 20.1. The molecular formula is C23H28FN3O. The van der Waals surface area contributed by atoms with Crippen LogP contribution in [-0.2, 0) is 11.3 Å². The quantitative estimate of drug-likeness (QED) is 0.640. The van der Waals surface area contributed by atoms with Gasteiger partial charge in [-0.3, -0.25) is 4.79 Å². The van der Waals surface area contributed by atoms with Gasteiger partial charge in [0.1, 0.15) is 5.82 Å². The third-order valence-corrected chi connectivity index (χ3v) is 5.08. The molecule has 1 N–H and O–H groups in total. The Bertz CT molecular complexity index is 931. The molecule has 148 valence electrons.